The number of aryl methyl sites for hydroxylation is 1. The number of aromatic amines is 1. The maximum atomic E-state index is 12.0. The molecule has 0 unspecified atom stereocenters. The van der Waals surface area contributed by atoms with E-state index in [1.807, 2.05) is 31.2 Å². The second-order valence-electron chi connectivity index (χ2n) is 4.68. The van der Waals surface area contributed by atoms with E-state index < -0.39 is 0 Å². The molecule has 100 valence electrons. The van der Waals surface area contributed by atoms with Gasteiger partial charge >= 0.3 is 0 Å². The van der Waals surface area contributed by atoms with Crippen LogP contribution in [0.5, 0.6) is 0 Å². The third-order valence-electron chi connectivity index (χ3n) is 3.04. The van der Waals surface area contributed by atoms with Crippen LogP contribution < -0.4 is 16.6 Å². The van der Waals surface area contributed by atoms with Crippen molar-refractivity contribution in [3.8, 4) is 0 Å². The number of aromatic nitrogens is 2. The SMILES string of the molecule is Cc1ccc(Nc2nc3ccc(N)cc3c(=O)[nH]2)cc1. The lowest BCUT2D eigenvalue weighted by atomic mass is 10.2. The summed E-state index contributed by atoms with van der Waals surface area (Å²) in [7, 11) is 0. The summed E-state index contributed by atoms with van der Waals surface area (Å²) in [5.41, 5.74) is 8.66. The van der Waals surface area contributed by atoms with Crippen molar-refractivity contribution in [3.63, 3.8) is 0 Å². The number of nitrogen functional groups attached to an aromatic ring is 1. The minimum atomic E-state index is -0.211. The van der Waals surface area contributed by atoms with Gasteiger partial charge in [-0.2, -0.15) is 0 Å². The highest BCUT2D eigenvalue weighted by Gasteiger charge is 2.04. The molecule has 0 radical (unpaired) electrons. The Morgan fingerprint density at radius 2 is 1.90 bits per heavy atom. The average Bonchev–Trinajstić information content (AvgIpc) is 2.42. The first-order chi connectivity index (χ1) is 9.61. The number of hydrogen-bond donors (Lipinski definition) is 3. The molecule has 1 heterocycles. The lowest BCUT2D eigenvalue weighted by molar-refractivity contribution is 1.17. The minimum Gasteiger partial charge on any atom is -0.399 e. The summed E-state index contributed by atoms with van der Waals surface area (Å²) in [5, 5.41) is 3.57. The van der Waals surface area contributed by atoms with Crippen molar-refractivity contribution in [2.24, 2.45) is 0 Å². The van der Waals surface area contributed by atoms with E-state index in [1.165, 1.54) is 5.56 Å². The number of fused-ring (bicyclic) bond motifs is 1. The Labute approximate surface area is 115 Å². The van der Waals surface area contributed by atoms with Crippen molar-refractivity contribution in [2.75, 3.05) is 11.1 Å². The number of rotatable bonds is 2. The Bertz CT molecular complexity index is 821. The van der Waals surface area contributed by atoms with Gasteiger partial charge in [0.2, 0.25) is 5.95 Å². The maximum Gasteiger partial charge on any atom is 0.260 e. The molecule has 3 aromatic rings. The van der Waals surface area contributed by atoms with Crippen LogP contribution in [0.1, 0.15) is 5.56 Å². The topological polar surface area (TPSA) is 83.8 Å². The Morgan fingerprint density at radius 1 is 1.15 bits per heavy atom. The molecule has 0 aliphatic rings. The van der Waals surface area contributed by atoms with Crippen molar-refractivity contribution < 1.29 is 0 Å². The summed E-state index contributed by atoms with van der Waals surface area (Å²) in [6, 6.07) is 12.9. The van der Waals surface area contributed by atoms with E-state index in [0.717, 1.165) is 5.69 Å². The van der Waals surface area contributed by atoms with Crippen LogP contribution in [-0.4, -0.2) is 9.97 Å². The van der Waals surface area contributed by atoms with Gasteiger partial charge in [-0.05, 0) is 37.3 Å². The Balaban J connectivity index is 2.02. The molecule has 5 nitrogen and oxygen atoms in total. The second kappa shape index (κ2) is 4.70. The van der Waals surface area contributed by atoms with Crippen molar-refractivity contribution in [3.05, 3.63) is 58.4 Å². The summed E-state index contributed by atoms with van der Waals surface area (Å²) in [4.78, 5) is 19.1. The Hall–Kier alpha value is -2.82. The highest BCUT2D eigenvalue weighted by molar-refractivity contribution is 5.82. The highest BCUT2D eigenvalue weighted by atomic mass is 16.1. The van der Waals surface area contributed by atoms with E-state index in [2.05, 4.69) is 15.3 Å². The summed E-state index contributed by atoms with van der Waals surface area (Å²) < 4.78 is 0. The zero-order chi connectivity index (χ0) is 14.1. The van der Waals surface area contributed by atoms with Gasteiger partial charge in [0, 0.05) is 11.4 Å². The second-order valence-corrected chi connectivity index (χ2v) is 4.68. The van der Waals surface area contributed by atoms with Crippen LogP contribution in [0.2, 0.25) is 0 Å². The Morgan fingerprint density at radius 3 is 2.65 bits per heavy atom. The number of hydrogen-bond acceptors (Lipinski definition) is 4. The third-order valence-corrected chi connectivity index (χ3v) is 3.04. The van der Waals surface area contributed by atoms with Crippen molar-refractivity contribution in [1.82, 2.24) is 9.97 Å². The molecule has 0 spiro atoms. The molecule has 0 aliphatic heterocycles. The number of nitrogens with one attached hydrogen (secondary N) is 2. The van der Waals surface area contributed by atoms with E-state index in [9.17, 15) is 4.79 Å². The van der Waals surface area contributed by atoms with E-state index >= 15 is 0 Å². The number of nitrogens with zero attached hydrogens (tertiary/aromatic N) is 1. The summed E-state index contributed by atoms with van der Waals surface area (Å²) in [5.74, 6) is 0.413. The van der Waals surface area contributed by atoms with Gasteiger partial charge in [0.25, 0.3) is 5.56 Å². The molecular formula is C15H14N4O. The molecule has 2 aromatic carbocycles. The number of benzene rings is 2. The summed E-state index contributed by atoms with van der Waals surface area (Å²) in [6.45, 7) is 2.02. The molecule has 0 saturated heterocycles. The molecule has 0 amide bonds. The number of anilines is 3. The van der Waals surface area contributed by atoms with E-state index in [4.69, 9.17) is 5.73 Å². The average molecular weight is 266 g/mol. The zero-order valence-electron chi connectivity index (χ0n) is 11.0. The molecule has 1 aromatic heterocycles. The van der Waals surface area contributed by atoms with E-state index in [1.54, 1.807) is 18.2 Å². The van der Waals surface area contributed by atoms with Crippen molar-refractivity contribution >= 4 is 28.2 Å². The lowest BCUT2D eigenvalue weighted by Crippen LogP contribution is -2.11. The normalized spacial score (nSPS) is 10.7. The minimum absolute atomic E-state index is 0.211. The van der Waals surface area contributed by atoms with Crippen LogP contribution >= 0.6 is 0 Å². The van der Waals surface area contributed by atoms with E-state index in [0.29, 0.717) is 22.5 Å². The standard InChI is InChI=1S/C15H14N4O/c1-9-2-5-11(6-3-9)17-15-18-13-7-4-10(16)8-12(13)14(20)19-15/h2-8H,16H2,1H3,(H2,17,18,19,20). The first kappa shape index (κ1) is 12.2. The molecule has 3 rings (SSSR count). The molecule has 0 bridgehead atoms. The molecule has 0 saturated carbocycles. The van der Waals surface area contributed by atoms with Crippen LogP contribution in [0.3, 0.4) is 0 Å². The molecular weight excluding hydrogens is 252 g/mol. The van der Waals surface area contributed by atoms with Crippen LogP contribution in [0.4, 0.5) is 17.3 Å². The number of nitrogens with two attached hydrogens (primary N) is 1. The third kappa shape index (κ3) is 2.33. The summed E-state index contributed by atoms with van der Waals surface area (Å²) >= 11 is 0. The van der Waals surface area contributed by atoms with Crippen LogP contribution in [0, 0.1) is 6.92 Å². The van der Waals surface area contributed by atoms with E-state index in [-0.39, 0.29) is 5.56 Å². The fraction of sp³-hybridized carbons (Fsp3) is 0.0667. The molecule has 4 N–H and O–H groups in total. The van der Waals surface area contributed by atoms with Gasteiger partial charge < -0.3 is 11.1 Å². The van der Waals surface area contributed by atoms with Crippen molar-refractivity contribution in [2.45, 2.75) is 6.92 Å². The van der Waals surface area contributed by atoms with Gasteiger partial charge in [-0.15, -0.1) is 0 Å². The van der Waals surface area contributed by atoms with Gasteiger partial charge in [0.05, 0.1) is 10.9 Å². The fourth-order valence-electron chi connectivity index (χ4n) is 1.99. The molecule has 0 atom stereocenters. The summed E-state index contributed by atoms with van der Waals surface area (Å²) in [6.07, 6.45) is 0. The van der Waals surface area contributed by atoms with Gasteiger partial charge in [0.15, 0.2) is 0 Å². The monoisotopic (exact) mass is 266 g/mol. The quantitative estimate of drug-likeness (QED) is 0.622. The van der Waals surface area contributed by atoms with Gasteiger partial charge in [-0.25, -0.2) is 4.98 Å². The van der Waals surface area contributed by atoms with Crippen LogP contribution in [-0.2, 0) is 0 Å². The van der Waals surface area contributed by atoms with Gasteiger partial charge in [-0.1, -0.05) is 17.7 Å². The van der Waals surface area contributed by atoms with Crippen LogP contribution in [0.25, 0.3) is 10.9 Å². The molecule has 0 fully saturated rings. The van der Waals surface area contributed by atoms with Crippen molar-refractivity contribution in [1.29, 1.82) is 0 Å². The first-order valence-electron chi connectivity index (χ1n) is 6.25. The highest BCUT2D eigenvalue weighted by Crippen LogP contribution is 2.16. The van der Waals surface area contributed by atoms with Gasteiger partial charge in [0.1, 0.15) is 0 Å². The first-order valence-corrected chi connectivity index (χ1v) is 6.25. The lowest BCUT2D eigenvalue weighted by Gasteiger charge is -2.07. The predicted molar refractivity (Wildman–Crippen MR) is 81.2 cm³/mol. The molecule has 0 aliphatic carbocycles. The molecule has 20 heavy (non-hydrogen) atoms. The van der Waals surface area contributed by atoms with Gasteiger partial charge in [-0.3, -0.25) is 9.78 Å². The fourth-order valence-corrected chi connectivity index (χ4v) is 1.99. The number of H-pyrrole nitrogens is 1. The smallest absolute Gasteiger partial charge is 0.260 e. The molecule has 5 heteroatoms. The predicted octanol–water partition coefficient (Wildman–Crippen LogP) is 2.56. The maximum absolute atomic E-state index is 12.0. The van der Waals surface area contributed by atoms with Crippen LogP contribution in [0.15, 0.2) is 47.3 Å². The Kier molecular flexibility index (Phi) is 2.87. The largest absolute Gasteiger partial charge is 0.399 e. The zero-order valence-corrected chi connectivity index (χ0v) is 11.0.